The third kappa shape index (κ3) is 4.02. The Morgan fingerprint density at radius 3 is 2.00 bits per heavy atom. The van der Waals surface area contributed by atoms with Gasteiger partial charge in [0.25, 0.3) is 11.8 Å². The van der Waals surface area contributed by atoms with Crippen LogP contribution in [0.3, 0.4) is 0 Å². The highest BCUT2D eigenvalue weighted by Gasteiger charge is 2.25. The minimum Gasteiger partial charge on any atom is -0.363 e. The van der Waals surface area contributed by atoms with E-state index in [1.165, 1.54) is 0 Å². The molecule has 2 amide bonds. The van der Waals surface area contributed by atoms with Gasteiger partial charge in [0.2, 0.25) is 5.78 Å². The van der Waals surface area contributed by atoms with Crippen molar-refractivity contribution in [2.45, 2.75) is 12.5 Å². The van der Waals surface area contributed by atoms with Crippen LogP contribution in [0.15, 0.2) is 60.7 Å². The van der Waals surface area contributed by atoms with E-state index in [2.05, 4.69) is 5.32 Å². The van der Waals surface area contributed by atoms with E-state index in [4.69, 9.17) is 5.73 Å². The molecule has 22 heavy (non-hydrogen) atoms. The number of rotatable bonds is 6. The molecule has 1 atom stereocenters. The topological polar surface area (TPSA) is 89.3 Å². The smallest absolute Gasteiger partial charge is 0.287 e. The molecule has 0 spiro atoms. The third-order valence-electron chi connectivity index (χ3n) is 3.18. The van der Waals surface area contributed by atoms with E-state index in [0.29, 0.717) is 5.56 Å². The summed E-state index contributed by atoms with van der Waals surface area (Å²) >= 11 is 0. The summed E-state index contributed by atoms with van der Waals surface area (Å²) < 4.78 is 0. The summed E-state index contributed by atoms with van der Waals surface area (Å²) in [6.07, 6.45) is 0.210. The zero-order chi connectivity index (χ0) is 15.9. The molecule has 5 heteroatoms. The quantitative estimate of drug-likeness (QED) is 0.782. The van der Waals surface area contributed by atoms with Gasteiger partial charge >= 0.3 is 0 Å². The number of hydrogen-bond donors (Lipinski definition) is 2. The first-order valence-electron chi connectivity index (χ1n) is 6.81. The molecule has 2 rings (SSSR count). The summed E-state index contributed by atoms with van der Waals surface area (Å²) in [7, 11) is 0. The summed E-state index contributed by atoms with van der Waals surface area (Å²) in [5, 5.41) is 2.57. The summed E-state index contributed by atoms with van der Waals surface area (Å²) in [5.41, 5.74) is 6.31. The second-order valence-corrected chi connectivity index (χ2v) is 4.81. The highest BCUT2D eigenvalue weighted by molar-refractivity contribution is 6.38. The van der Waals surface area contributed by atoms with E-state index in [1.54, 1.807) is 30.3 Å². The minimum absolute atomic E-state index is 0.210. The van der Waals surface area contributed by atoms with Gasteiger partial charge in [0.15, 0.2) is 0 Å². The number of nitrogens with two attached hydrogens (primary N) is 1. The second kappa shape index (κ2) is 7.17. The fourth-order valence-electron chi connectivity index (χ4n) is 2.06. The Labute approximate surface area is 128 Å². The zero-order valence-corrected chi connectivity index (χ0v) is 11.9. The monoisotopic (exact) mass is 296 g/mol. The van der Waals surface area contributed by atoms with Crippen LogP contribution in [-0.4, -0.2) is 23.6 Å². The number of carbonyl (C=O) groups excluding carboxylic acids is 3. The number of benzene rings is 2. The van der Waals surface area contributed by atoms with E-state index in [1.807, 2.05) is 30.3 Å². The number of primary amides is 1. The largest absolute Gasteiger partial charge is 0.363 e. The molecule has 3 N–H and O–H groups in total. The van der Waals surface area contributed by atoms with Gasteiger partial charge in [-0.2, -0.15) is 0 Å². The SMILES string of the molecule is NC(=O)C(=O)C(Cc1ccccc1)NC(=O)c1ccccc1. The molecule has 0 saturated carbocycles. The molecule has 0 saturated heterocycles. The number of amides is 2. The molecule has 112 valence electrons. The molecule has 0 fully saturated rings. The molecule has 1 unspecified atom stereocenters. The standard InChI is InChI=1S/C17H16N2O3/c18-16(21)15(20)14(11-12-7-3-1-4-8-12)19-17(22)13-9-5-2-6-10-13/h1-10,14H,11H2,(H2,18,21)(H,19,22). The van der Waals surface area contributed by atoms with Crippen molar-refractivity contribution >= 4 is 17.6 Å². The van der Waals surface area contributed by atoms with E-state index in [-0.39, 0.29) is 6.42 Å². The predicted octanol–water partition coefficient (Wildman–Crippen LogP) is 1.08. The Bertz CT molecular complexity index is 669. The van der Waals surface area contributed by atoms with Gasteiger partial charge in [-0.1, -0.05) is 48.5 Å². The summed E-state index contributed by atoms with van der Waals surface area (Å²) in [6.45, 7) is 0. The lowest BCUT2D eigenvalue weighted by Gasteiger charge is -2.16. The van der Waals surface area contributed by atoms with Crippen LogP contribution in [0.1, 0.15) is 15.9 Å². The molecule has 0 radical (unpaired) electrons. The van der Waals surface area contributed by atoms with Crippen molar-refractivity contribution in [3.05, 3.63) is 71.8 Å². The predicted molar refractivity (Wildman–Crippen MR) is 82.0 cm³/mol. The van der Waals surface area contributed by atoms with Crippen LogP contribution in [0.2, 0.25) is 0 Å². The van der Waals surface area contributed by atoms with Gasteiger partial charge in [-0.05, 0) is 17.7 Å². The van der Waals surface area contributed by atoms with Crippen LogP contribution < -0.4 is 11.1 Å². The van der Waals surface area contributed by atoms with Crippen LogP contribution in [0.25, 0.3) is 0 Å². The highest BCUT2D eigenvalue weighted by atomic mass is 16.2. The maximum atomic E-state index is 12.2. The lowest BCUT2D eigenvalue weighted by molar-refractivity contribution is -0.137. The molecule has 0 bridgehead atoms. The first-order valence-corrected chi connectivity index (χ1v) is 6.81. The molecule has 2 aromatic carbocycles. The van der Waals surface area contributed by atoms with E-state index in [0.717, 1.165) is 5.56 Å². The number of nitrogens with one attached hydrogen (secondary N) is 1. The molecule has 0 aliphatic heterocycles. The molecule has 0 aliphatic carbocycles. The molecular formula is C17H16N2O3. The molecular weight excluding hydrogens is 280 g/mol. The number of carbonyl (C=O) groups is 3. The average Bonchev–Trinajstić information content (AvgIpc) is 2.55. The van der Waals surface area contributed by atoms with E-state index < -0.39 is 23.6 Å². The van der Waals surface area contributed by atoms with Gasteiger partial charge in [0.05, 0.1) is 0 Å². The van der Waals surface area contributed by atoms with Crippen LogP contribution >= 0.6 is 0 Å². The fraction of sp³-hybridized carbons (Fsp3) is 0.118. The van der Waals surface area contributed by atoms with Crippen LogP contribution in [-0.2, 0) is 16.0 Å². The van der Waals surface area contributed by atoms with Gasteiger partial charge in [-0.25, -0.2) is 0 Å². The maximum absolute atomic E-state index is 12.2. The number of hydrogen-bond acceptors (Lipinski definition) is 3. The van der Waals surface area contributed by atoms with E-state index >= 15 is 0 Å². The Balaban J connectivity index is 2.16. The normalized spacial score (nSPS) is 11.5. The van der Waals surface area contributed by atoms with Crippen molar-refractivity contribution in [2.75, 3.05) is 0 Å². The van der Waals surface area contributed by atoms with Gasteiger partial charge < -0.3 is 11.1 Å². The van der Waals surface area contributed by atoms with Gasteiger partial charge in [-0.15, -0.1) is 0 Å². The van der Waals surface area contributed by atoms with Crippen molar-refractivity contribution in [3.8, 4) is 0 Å². The summed E-state index contributed by atoms with van der Waals surface area (Å²) in [6, 6.07) is 16.6. The average molecular weight is 296 g/mol. The van der Waals surface area contributed by atoms with Crippen molar-refractivity contribution < 1.29 is 14.4 Å². The molecule has 5 nitrogen and oxygen atoms in total. The van der Waals surface area contributed by atoms with Crippen molar-refractivity contribution in [1.29, 1.82) is 0 Å². The molecule has 0 aliphatic rings. The number of ketones is 1. The minimum atomic E-state index is -1.06. The Kier molecular flexibility index (Phi) is 5.03. The second-order valence-electron chi connectivity index (χ2n) is 4.81. The Morgan fingerprint density at radius 1 is 0.909 bits per heavy atom. The molecule has 0 aromatic heterocycles. The van der Waals surface area contributed by atoms with Crippen molar-refractivity contribution in [2.24, 2.45) is 5.73 Å². The van der Waals surface area contributed by atoms with E-state index in [9.17, 15) is 14.4 Å². The van der Waals surface area contributed by atoms with Crippen LogP contribution in [0.5, 0.6) is 0 Å². The Morgan fingerprint density at radius 2 is 1.45 bits per heavy atom. The summed E-state index contributed by atoms with van der Waals surface area (Å²) in [5.74, 6) is -2.29. The molecule has 2 aromatic rings. The fourth-order valence-corrected chi connectivity index (χ4v) is 2.06. The van der Waals surface area contributed by atoms with Gasteiger partial charge in [0, 0.05) is 12.0 Å². The highest BCUT2D eigenvalue weighted by Crippen LogP contribution is 2.06. The third-order valence-corrected chi connectivity index (χ3v) is 3.18. The van der Waals surface area contributed by atoms with Gasteiger partial charge in [-0.3, -0.25) is 14.4 Å². The first kappa shape index (κ1) is 15.4. The van der Waals surface area contributed by atoms with Crippen LogP contribution in [0.4, 0.5) is 0 Å². The first-order chi connectivity index (χ1) is 10.6. The maximum Gasteiger partial charge on any atom is 0.287 e. The Hall–Kier alpha value is -2.95. The van der Waals surface area contributed by atoms with Gasteiger partial charge in [0.1, 0.15) is 6.04 Å². The zero-order valence-electron chi connectivity index (χ0n) is 11.9. The molecule has 0 heterocycles. The lowest BCUT2D eigenvalue weighted by Crippen LogP contribution is -2.47. The van der Waals surface area contributed by atoms with Crippen LogP contribution in [0, 0.1) is 0 Å². The van der Waals surface area contributed by atoms with Crippen molar-refractivity contribution in [1.82, 2.24) is 5.32 Å². The van der Waals surface area contributed by atoms with Crippen molar-refractivity contribution in [3.63, 3.8) is 0 Å². The number of Topliss-reactive ketones (excluding diaryl/α,β-unsaturated/α-hetero) is 1. The summed E-state index contributed by atoms with van der Waals surface area (Å²) in [4.78, 5) is 35.3. The lowest BCUT2D eigenvalue weighted by atomic mass is 10.0.